The number of nitrogens with zero attached hydrogens (tertiary/aromatic N) is 3. The van der Waals surface area contributed by atoms with Crippen LogP contribution in [-0.4, -0.2) is 22.4 Å². The highest BCUT2D eigenvalue weighted by atomic mass is 32.1. The third kappa shape index (κ3) is 2.55. The zero-order valence-corrected chi connectivity index (χ0v) is 13.0. The van der Waals surface area contributed by atoms with E-state index in [1.54, 1.807) is 0 Å². The van der Waals surface area contributed by atoms with Crippen LogP contribution in [0.3, 0.4) is 0 Å². The summed E-state index contributed by atoms with van der Waals surface area (Å²) in [7, 11) is 0. The van der Waals surface area contributed by atoms with Gasteiger partial charge >= 0.3 is 0 Å². The number of fused-ring (bicyclic) bond motifs is 1. The number of hydrogen-bond donors (Lipinski definition) is 1. The molecule has 0 saturated carbocycles. The van der Waals surface area contributed by atoms with E-state index in [4.69, 9.17) is 4.98 Å². The van der Waals surface area contributed by atoms with Crippen molar-refractivity contribution in [2.24, 2.45) is 0 Å². The van der Waals surface area contributed by atoms with Gasteiger partial charge in [-0.3, -0.25) is 0 Å². The van der Waals surface area contributed by atoms with Gasteiger partial charge in [0.2, 0.25) is 5.13 Å². The molecule has 0 radical (unpaired) electrons. The van der Waals surface area contributed by atoms with Gasteiger partial charge in [-0.1, -0.05) is 39.0 Å². The molecule has 20 heavy (non-hydrogen) atoms. The lowest BCUT2D eigenvalue weighted by Crippen LogP contribution is -2.24. The van der Waals surface area contributed by atoms with Gasteiger partial charge in [0.1, 0.15) is 5.82 Å². The van der Waals surface area contributed by atoms with Crippen molar-refractivity contribution in [2.75, 3.05) is 18.0 Å². The molecule has 1 aliphatic rings. The molecule has 0 unspecified atom stereocenters. The zero-order chi connectivity index (χ0) is 14.2. The Bertz CT molecular complexity index is 600. The molecule has 0 atom stereocenters. The Hall–Kier alpha value is -1.46. The van der Waals surface area contributed by atoms with E-state index >= 15 is 0 Å². The molecule has 4 nitrogen and oxygen atoms in total. The fourth-order valence-electron chi connectivity index (χ4n) is 2.29. The maximum Gasteiger partial charge on any atom is 0.209 e. The van der Waals surface area contributed by atoms with Crippen LogP contribution in [0.2, 0.25) is 0 Å². The molecule has 0 amide bonds. The topological polar surface area (TPSA) is 41.1 Å². The Morgan fingerprint density at radius 2 is 2.05 bits per heavy atom. The van der Waals surface area contributed by atoms with Crippen LogP contribution in [0.4, 0.5) is 10.8 Å². The molecule has 1 aromatic carbocycles. The Morgan fingerprint density at radius 3 is 2.80 bits per heavy atom. The molecule has 0 saturated heterocycles. The summed E-state index contributed by atoms with van der Waals surface area (Å²) in [5.41, 5.74) is 2.56. The lowest BCUT2D eigenvalue weighted by Gasteiger charge is -2.21. The monoisotopic (exact) mass is 288 g/mol. The Balaban J connectivity index is 1.99. The van der Waals surface area contributed by atoms with Crippen LogP contribution >= 0.6 is 11.5 Å². The molecule has 2 heterocycles. The van der Waals surface area contributed by atoms with Gasteiger partial charge in [0, 0.05) is 42.3 Å². The van der Waals surface area contributed by atoms with Gasteiger partial charge in [0.15, 0.2) is 0 Å². The van der Waals surface area contributed by atoms with Gasteiger partial charge < -0.3 is 10.2 Å². The lowest BCUT2D eigenvalue weighted by molar-refractivity contribution is 0.554. The van der Waals surface area contributed by atoms with Crippen molar-refractivity contribution >= 4 is 22.4 Å². The second-order valence-electron chi connectivity index (χ2n) is 6.11. The van der Waals surface area contributed by atoms with Crippen molar-refractivity contribution in [3.63, 3.8) is 0 Å². The summed E-state index contributed by atoms with van der Waals surface area (Å²) in [5, 5.41) is 4.45. The fraction of sp³-hybridized carbons (Fsp3) is 0.467. The maximum absolute atomic E-state index is 4.75. The highest BCUT2D eigenvalue weighted by Gasteiger charge is 2.24. The predicted octanol–water partition coefficient (Wildman–Crippen LogP) is 3.08. The third-order valence-corrected chi connectivity index (χ3v) is 4.17. The average Bonchev–Trinajstić information content (AvgIpc) is 2.80. The van der Waals surface area contributed by atoms with Crippen LogP contribution in [0.25, 0.3) is 0 Å². The van der Waals surface area contributed by atoms with Gasteiger partial charge in [-0.05, 0) is 11.6 Å². The highest BCUT2D eigenvalue weighted by molar-refractivity contribution is 7.09. The Morgan fingerprint density at radius 1 is 1.25 bits per heavy atom. The largest absolute Gasteiger partial charge is 0.315 e. The number of hydrogen-bond acceptors (Lipinski definition) is 5. The molecule has 0 fully saturated rings. The predicted molar refractivity (Wildman–Crippen MR) is 83.8 cm³/mol. The lowest BCUT2D eigenvalue weighted by atomic mass is 9.96. The summed E-state index contributed by atoms with van der Waals surface area (Å²) in [4.78, 5) is 7.03. The van der Waals surface area contributed by atoms with Crippen molar-refractivity contribution in [1.29, 1.82) is 0 Å². The summed E-state index contributed by atoms with van der Waals surface area (Å²) in [6.45, 7) is 9.25. The molecule has 5 heteroatoms. The molecule has 1 aromatic heterocycles. The first-order chi connectivity index (χ1) is 9.55. The van der Waals surface area contributed by atoms with Crippen LogP contribution < -0.4 is 10.2 Å². The van der Waals surface area contributed by atoms with Gasteiger partial charge in [0.25, 0.3) is 0 Å². The number of nitrogens with one attached hydrogen (secondary N) is 1. The van der Waals surface area contributed by atoms with E-state index in [0.717, 1.165) is 30.6 Å². The average molecular weight is 288 g/mol. The minimum Gasteiger partial charge on any atom is -0.315 e. The van der Waals surface area contributed by atoms with Crippen LogP contribution in [0.5, 0.6) is 0 Å². The third-order valence-electron chi connectivity index (χ3n) is 3.43. The Kier molecular flexibility index (Phi) is 3.48. The number of anilines is 2. The molecule has 0 aliphatic carbocycles. The number of benzene rings is 1. The molecule has 2 aromatic rings. The molecular weight excluding hydrogens is 268 g/mol. The molecule has 1 N–H and O–H groups in total. The van der Waals surface area contributed by atoms with Crippen molar-refractivity contribution < 1.29 is 0 Å². The maximum atomic E-state index is 4.75. The van der Waals surface area contributed by atoms with Crippen LogP contribution in [0.1, 0.15) is 32.2 Å². The first-order valence-corrected chi connectivity index (χ1v) is 7.73. The van der Waals surface area contributed by atoms with Gasteiger partial charge in [-0.15, -0.1) is 0 Å². The van der Waals surface area contributed by atoms with Crippen molar-refractivity contribution in [1.82, 2.24) is 14.7 Å². The summed E-state index contributed by atoms with van der Waals surface area (Å²) in [6, 6.07) is 8.51. The molecule has 106 valence electrons. The smallest absolute Gasteiger partial charge is 0.209 e. The minimum absolute atomic E-state index is 0.00162. The van der Waals surface area contributed by atoms with Crippen molar-refractivity contribution in [2.45, 2.75) is 32.7 Å². The van der Waals surface area contributed by atoms with E-state index in [1.165, 1.54) is 22.8 Å². The number of rotatable bonds is 1. The summed E-state index contributed by atoms with van der Waals surface area (Å²) < 4.78 is 4.53. The van der Waals surface area contributed by atoms with Crippen molar-refractivity contribution in [3.8, 4) is 0 Å². The standard InChI is InChI=1S/C15H20N4S/c1-15(2,3)13-17-14(20-18-13)19-9-8-16-10-11-6-4-5-7-12(11)19/h4-7,16H,8-10H2,1-3H3. The molecular formula is C15H20N4S. The zero-order valence-electron chi connectivity index (χ0n) is 12.2. The quantitative estimate of drug-likeness (QED) is 0.875. The molecule has 1 aliphatic heterocycles. The van der Waals surface area contributed by atoms with E-state index in [2.05, 4.69) is 59.6 Å². The first kappa shape index (κ1) is 13.5. The normalized spacial score (nSPS) is 15.8. The first-order valence-electron chi connectivity index (χ1n) is 6.96. The molecule has 0 bridgehead atoms. The van der Waals surface area contributed by atoms with E-state index in [9.17, 15) is 0 Å². The SMILES string of the molecule is CC(C)(C)c1nsc(N2CCNCc3ccccc32)n1. The second-order valence-corrected chi connectivity index (χ2v) is 6.84. The number of para-hydroxylation sites is 1. The van der Waals surface area contributed by atoms with Gasteiger partial charge in [-0.25, -0.2) is 4.98 Å². The molecule has 3 rings (SSSR count). The van der Waals surface area contributed by atoms with E-state index in [-0.39, 0.29) is 5.41 Å². The summed E-state index contributed by atoms with van der Waals surface area (Å²) in [6.07, 6.45) is 0. The second kappa shape index (κ2) is 5.14. The fourth-order valence-corrected chi connectivity index (χ4v) is 3.18. The summed E-state index contributed by atoms with van der Waals surface area (Å²) >= 11 is 1.49. The molecule has 0 spiro atoms. The van der Waals surface area contributed by atoms with Gasteiger partial charge in [-0.2, -0.15) is 4.37 Å². The van der Waals surface area contributed by atoms with E-state index < -0.39 is 0 Å². The van der Waals surface area contributed by atoms with Crippen LogP contribution in [0.15, 0.2) is 24.3 Å². The van der Waals surface area contributed by atoms with Gasteiger partial charge in [0.05, 0.1) is 0 Å². The van der Waals surface area contributed by atoms with E-state index in [0.29, 0.717) is 0 Å². The highest BCUT2D eigenvalue weighted by Crippen LogP contribution is 2.32. The Labute approximate surface area is 124 Å². The van der Waals surface area contributed by atoms with Crippen LogP contribution in [0, 0.1) is 0 Å². The van der Waals surface area contributed by atoms with E-state index in [1.807, 2.05) is 0 Å². The van der Waals surface area contributed by atoms with Crippen molar-refractivity contribution in [3.05, 3.63) is 35.7 Å². The minimum atomic E-state index is -0.00162. The number of aromatic nitrogens is 2. The summed E-state index contributed by atoms with van der Waals surface area (Å²) in [5.74, 6) is 0.923. The van der Waals surface area contributed by atoms with Crippen LogP contribution in [-0.2, 0) is 12.0 Å².